The van der Waals surface area contributed by atoms with E-state index in [0.29, 0.717) is 90.3 Å². The second-order valence-corrected chi connectivity index (χ2v) is 15.1. The summed E-state index contributed by atoms with van der Waals surface area (Å²) in [6.45, 7) is 2.43. The first-order valence-corrected chi connectivity index (χ1v) is 20.0. The van der Waals surface area contributed by atoms with Crippen molar-refractivity contribution >= 4 is 69.5 Å². The highest BCUT2D eigenvalue weighted by atomic mass is 19.1. The van der Waals surface area contributed by atoms with E-state index in [1.807, 2.05) is 47.0 Å². The Hall–Kier alpha value is -7.96. The van der Waals surface area contributed by atoms with Crippen molar-refractivity contribution < 1.29 is 13.2 Å². The Bertz CT molecular complexity index is 3450. The largest absolute Gasteiger partial charge is 0.458 e. The molecule has 0 bridgehead atoms. The fourth-order valence-electron chi connectivity index (χ4n) is 8.21. The molecule has 62 heavy (non-hydrogen) atoms. The van der Waals surface area contributed by atoms with Gasteiger partial charge in [0.25, 0.3) is 0 Å². The zero-order valence-electron chi connectivity index (χ0n) is 33.2. The third kappa shape index (κ3) is 6.82. The standard InChI is InChI=1S/C48H34BFN8O4/c1-2-28(20-27-9-11-29(12-10-27)40-38(61-36-8-4-3-6-34(36)44(40)59)23-58-26-56-43-46(51)53-24-54-48(43)58)33-7-5-19-52-47-42(33)55-25-57(47)22-39-41(30-13-16-32(50)17-14-30)45(60)35-21-31(49)15-18-37(35)62-39/h3-18,21,24-26,28H,2,20,22-23H2,1H3,(H2,51,53,54). The number of halogens is 1. The molecule has 300 valence electrons. The predicted molar refractivity (Wildman–Crippen MR) is 238 cm³/mol. The van der Waals surface area contributed by atoms with Gasteiger partial charge in [0.1, 0.15) is 53.9 Å². The average Bonchev–Trinajstić information content (AvgIpc) is 3.81. The van der Waals surface area contributed by atoms with Crippen LogP contribution in [0.1, 0.15) is 36.1 Å². The number of rotatable bonds is 10. The SMILES string of the molecule is [B]c1ccc2oc(Cn3cnc4c3N=C=CC=C4C(CC)Cc3ccc(-c4c(Cn5cnc6c(N)ncnc65)oc5ccccc5c4=O)cc3)c(-c3ccc(F)cc3)c(=O)c2c1. The third-order valence-corrected chi connectivity index (χ3v) is 11.3. The Kier molecular flexibility index (Phi) is 9.61. The molecule has 1 atom stereocenters. The molecule has 0 aliphatic carbocycles. The molecular weight excluding hydrogens is 782 g/mol. The number of nitrogens with two attached hydrogens (primary N) is 1. The van der Waals surface area contributed by atoms with Gasteiger partial charge in [-0.3, -0.25) is 9.59 Å². The number of para-hydroxylation sites is 1. The maximum Gasteiger partial charge on any atom is 0.200 e. The van der Waals surface area contributed by atoms with Gasteiger partial charge in [-0.05, 0) is 83.3 Å². The second kappa shape index (κ2) is 15.6. The van der Waals surface area contributed by atoms with Gasteiger partial charge in [-0.25, -0.2) is 24.3 Å². The lowest BCUT2D eigenvalue weighted by Gasteiger charge is -2.19. The minimum Gasteiger partial charge on any atom is -0.458 e. The first-order valence-electron chi connectivity index (χ1n) is 20.0. The first kappa shape index (κ1) is 38.3. The van der Waals surface area contributed by atoms with Crippen LogP contribution in [0.3, 0.4) is 0 Å². The number of imidazole rings is 2. The van der Waals surface area contributed by atoms with Crippen molar-refractivity contribution in [3.63, 3.8) is 0 Å². The lowest BCUT2D eigenvalue weighted by Crippen LogP contribution is -2.14. The minimum atomic E-state index is -0.420. The van der Waals surface area contributed by atoms with Crippen molar-refractivity contribution in [2.75, 3.05) is 5.73 Å². The Labute approximate surface area is 353 Å². The van der Waals surface area contributed by atoms with Gasteiger partial charge < -0.3 is 23.7 Å². The molecule has 0 fully saturated rings. The van der Waals surface area contributed by atoms with E-state index in [2.05, 4.69) is 32.7 Å². The molecule has 1 unspecified atom stereocenters. The van der Waals surface area contributed by atoms with Crippen LogP contribution in [0.2, 0.25) is 0 Å². The zero-order valence-corrected chi connectivity index (χ0v) is 33.2. The van der Waals surface area contributed by atoms with E-state index in [-0.39, 0.29) is 35.7 Å². The lowest BCUT2D eigenvalue weighted by atomic mass is 9.87. The molecule has 2 N–H and O–H groups in total. The molecule has 1 aliphatic rings. The smallest absolute Gasteiger partial charge is 0.200 e. The highest BCUT2D eigenvalue weighted by Gasteiger charge is 2.25. The maximum atomic E-state index is 14.2. The van der Waals surface area contributed by atoms with Crippen molar-refractivity contribution in [1.82, 2.24) is 29.1 Å². The van der Waals surface area contributed by atoms with E-state index < -0.39 is 5.82 Å². The highest BCUT2D eigenvalue weighted by Crippen LogP contribution is 2.37. The van der Waals surface area contributed by atoms with Gasteiger partial charge in [0.15, 0.2) is 17.3 Å². The summed E-state index contributed by atoms with van der Waals surface area (Å²) in [4.78, 5) is 50.5. The molecule has 5 aromatic heterocycles. The first-order chi connectivity index (χ1) is 30.2. The summed E-state index contributed by atoms with van der Waals surface area (Å²) in [7, 11) is 6.04. The second-order valence-electron chi connectivity index (χ2n) is 15.1. The van der Waals surface area contributed by atoms with Crippen molar-refractivity contribution in [2.45, 2.75) is 32.9 Å². The van der Waals surface area contributed by atoms with Crippen molar-refractivity contribution in [2.24, 2.45) is 10.9 Å². The topological polar surface area (TPSA) is 160 Å². The molecule has 14 heteroatoms. The monoisotopic (exact) mass is 816 g/mol. The van der Waals surface area contributed by atoms with E-state index >= 15 is 0 Å². The Morgan fingerprint density at radius 1 is 0.790 bits per heavy atom. The molecule has 1 aliphatic heterocycles. The van der Waals surface area contributed by atoms with Crippen LogP contribution < -0.4 is 22.1 Å². The van der Waals surface area contributed by atoms with Crippen LogP contribution in [-0.4, -0.2) is 42.8 Å². The Morgan fingerprint density at radius 2 is 1.47 bits per heavy atom. The molecule has 4 aromatic carbocycles. The fraction of sp³-hybridized carbons (Fsp3) is 0.125. The average molecular weight is 817 g/mol. The predicted octanol–water partition coefficient (Wildman–Crippen LogP) is 7.70. The molecule has 6 heterocycles. The fourth-order valence-corrected chi connectivity index (χ4v) is 8.21. The number of anilines is 1. The van der Waals surface area contributed by atoms with E-state index in [4.69, 9.17) is 27.4 Å². The molecule has 0 saturated heterocycles. The van der Waals surface area contributed by atoms with Crippen LogP contribution in [0, 0.1) is 11.7 Å². The minimum absolute atomic E-state index is 0.0263. The number of nitrogen functional groups attached to an aromatic ring is 1. The van der Waals surface area contributed by atoms with Crippen LogP contribution in [0.15, 0.2) is 146 Å². The summed E-state index contributed by atoms with van der Waals surface area (Å²) >= 11 is 0. The van der Waals surface area contributed by atoms with E-state index in [1.54, 1.807) is 65.8 Å². The number of aromatic nitrogens is 6. The van der Waals surface area contributed by atoms with Gasteiger partial charge in [-0.1, -0.05) is 73.1 Å². The number of fused-ring (bicyclic) bond motifs is 4. The van der Waals surface area contributed by atoms with Crippen LogP contribution >= 0.6 is 0 Å². The summed E-state index contributed by atoms with van der Waals surface area (Å²) in [6, 6.07) is 25.8. The van der Waals surface area contributed by atoms with Gasteiger partial charge in [-0.15, -0.1) is 0 Å². The number of hydrogen-bond donors (Lipinski definition) is 1. The molecule has 0 saturated carbocycles. The molecule has 12 nitrogen and oxygen atoms in total. The number of benzene rings is 4. The molecule has 9 aromatic rings. The Morgan fingerprint density at radius 3 is 2.23 bits per heavy atom. The summed E-state index contributed by atoms with van der Waals surface area (Å²) in [5.41, 5.74) is 12.6. The van der Waals surface area contributed by atoms with Gasteiger partial charge in [0, 0.05) is 6.08 Å². The van der Waals surface area contributed by atoms with Gasteiger partial charge in [0.2, 0.25) is 10.9 Å². The van der Waals surface area contributed by atoms with Crippen molar-refractivity contribution in [3.05, 3.63) is 171 Å². The third-order valence-electron chi connectivity index (χ3n) is 11.3. The van der Waals surface area contributed by atoms with Crippen LogP contribution in [0.4, 0.5) is 16.0 Å². The highest BCUT2D eigenvalue weighted by molar-refractivity contribution is 6.33. The number of hydrogen-bond acceptors (Lipinski definition) is 10. The number of aliphatic imine (C=N–C) groups is 1. The van der Waals surface area contributed by atoms with Gasteiger partial charge in [0.05, 0.1) is 47.6 Å². The number of allylic oxidation sites excluding steroid dienone is 3. The number of nitrogens with zero attached hydrogens (tertiary/aromatic N) is 7. The molecular formula is C48H34BFN8O4. The van der Waals surface area contributed by atoms with Gasteiger partial charge >= 0.3 is 0 Å². The van der Waals surface area contributed by atoms with Crippen LogP contribution in [-0.2, 0) is 19.5 Å². The van der Waals surface area contributed by atoms with E-state index in [0.717, 1.165) is 17.6 Å². The van der Waals surface area contributed by atoms with E-state index in [9.17, 15) is 14.0 Å². The van der Waals surface area contributed by atoms with Crippen molar-refractivity contribution in [3.8, 4) is 22.3 Å². The maximum absolute atomic E-state index is 14.2. The Balaban J connectivity index is 0.963. The molecule has 0 amide bonds. The molecule has 10 rings (SSSR count). The molecule has 0 spiro atoms. The van der Waals surface area contributed by atoms with Crippen LogP contribution in [0.5, 0.6) is 0 Å². The quantitative estimate of drug-likeness (QED) is 0.136. The summed E-state index contributed by atoms with van der Waals surface area (Å²) in [6.07, 6.45) is 9.90. The lowest BCUT2D eigenvalue weighted by molar-refractivity contribution is 0.519. The van der Waals surface area contributed by atoms with E-state index in [1.165, 1.54) is 18.5 Å². The summed E-state index contributed by atoms with van der Waals surface area (Å²) in [5, 5.41) is 0.808. The normalized spacial score (nSPS) is 12.8. The van der Waals surface area contributed by atoms with Gasteiger partial charge in [-0.2, -0.15) is 4.99 Å². The summed E-state index contributed by atoms with van der Waals surface area (Å²) < 4.78 is 30.4. The summed E-state index contributed by atoms with van der Waals surface area (Å²) in [5.74, 6) is 4.27. The van der Waals surface area contributed by atoms with Crippen molar-refractivity contribution in [1.29, 1.82) is 0 Å². The molecule has 2 radical (unpaired) electrons. The van der Waals surface area contributed by atoms with Crippen LogP contribution in [0.25, 0.3) is 60.9 Å². The zero-order chi connectivity index (χ0) is 42.5.